The number of nitrogens with one attached hydrogen (secondary N) is 2. The smallest absolute Gasteiger partial charge is 0.317 e. The Morgan fingerprint density at radius 3 is 2.66 bits per heavy atom. The monoisotopic (exact) mass is 441 g/mol. The number of amides is 3. The first-order chi connectivity index (χ1) is 15.6. The van der Waals surface area contributed by atoms with Crippen molar-refractivity contribution in [2.24, 2.45) is 0 Å². The molecule has 2 aliphatic heterocycles. The Bertz CT molecular complexity index is 943. The summed E-state index contributed by atoms with van der Waals surface area (Å²) < 4.78 is 19.3. The van der Waals surface area contributed by atoms with Crippen LogP contribution in [0, 0.1) is 5.82 Å². The Hall–Kier alpha value is -3.20. The fourth-order valence-corrected chi connectivity index (χ4v) is 3.98. The lowest BCUT2D eigenvalue weighted by Crippen LogP contribution is -2.52. The lowest BCUT2D eigenvalue weighted by Gasteiger charge is -2.36. The molecular weight excluding hydrogens is 413 g/mol. The third-order valence-electron chi connectivity index (χ3n) is 5.80. The zero-order valence-electron chi connectivity index (χ0n) is 17.9. The van der Waals surface area contributed by atoms with E-state index in [-0.39, 0.29) is 30.4 Å². The lowest BCUT2D eigenvalue weighted by molar-refractivity contribution is 0.0857. The number of hydrogen-bond acceptors (Lipinski definition) is 5. The van der Waals surface area contributed by atoms with Crippen LogP contribution in [0.1, 0.15) is 28.8 Å². The van der Waals surface area contributed by atoms with Crippen LogP contribution in [-0.2, 0) is 11.3 Å². The van der Waals surface area contributed by atoms with Crippen molar-refractivity contribution in [1.29, 1.82) is 0 Å². The van der Waals surface area contributed by atoms with Crippen LogP contribution in [0.25, 0.3) is 0 Å². The molecule has 170 valence electrons. The number of piperazine rings is 1. The van der Waals surface area contributed by atoms with Crippen molar-refractivity contribution in [2.75, 3.05) is 44.2 Å². The van der Waals surface area contributed by atoms with E-state index in [4.69, 9.17) is 4.74 Å². The summed E-state index contributed by atoms with van der Waals surface area (Å²) in [7, 11) is 0. The van der Waals surface area contributed by atoms with Crippen LogP contribution >= 0.6 is 0 Å². The van der Waals surface area contributed by atoms with Gasteiger partial charge in [-0.3, -0.25) is 4.79 Å². The van der Waals surface area contributed by atoms with E-state index < -0.39 is 0 Å². The van der Waals surface area contributed by atoms with E-state index in [1.54, 1.807) is 41.4 Å². The number of urea groups is 1. The van der Waals surface area contributed by atoms with Gasteiger partial charge in [0.1, 0.15) is 11.6 Å². The summed E-state index contributed by atoms with van der Waals surface area (Å²) in [6.45, 7) is 3.44. The molecule has 1 aromatic carbocycles. The van der Waals surface area contributed by atoms with E-state index in [2.05, 4.69) is 15.6 Å². The Morgan fingerprint density at radius 2 is 1.91 bits per heavy atom. The topological polar surface area (TPSA) is 86.8 Å². The van der Waals surface area contributed by atoms with Crippen molar-refractivity contribution < 1.29 is 18.7 Å². The van der Waals surface area contributed by atoms with Crippen LogP contribution in [0.5, 0.6) is 0 Å². The van der Waals surface area contributed by atoms with E-state index in [0.717, 1.165) is 19.4 Å². The minimum atomic E-state index is -0.335. The van der Waals surface area contributed by atoms with E-state index in [1.165, 1.54) is 6.07 Å². The zero-order chi connectivity index (χ0) is 22.3. The maximum absolute atomic E-state index is 13.7. The summed E-state index contributed by atoms with van der Waals surface area (Å²) in [5, 5.41) is 5.72. The highest BCUT2D eigenvalue weighted by Crippen LogP contribution is 2.20. The van der Waals surface area contributed by atoms with E-state index in [1.807, 2.05) is 4.90 Å². The lowest BCUT2D eigenvalue weighted by atomic mass is 10.2. The Kier molecular flexibility index (Phi) is 7.16. The number of anilines is 1. The number of rotatable bonds is 6. The second kappa shape index (κ2) is 10.4. The van der Waals surface area contributed by atoms with Crippen LogP contribution < -0.4 is 15.5 Å². The van der Waals surface area contributed by atoms with Crippen LogP contribution in [0.2, 0.25) is 0 Å². The first-order valence-corrected chi connectivity index (χ1v) is 11.0. The molecule has 0 bridgehead atoms. The SMILES string of the molecule is O=C(NC[C@@H]1CCCO1)c1cccnc1N1CCN(C(=O)NCc2ccccc2F)CC1. The zero-order valence-corrected chi connectivity index (χ0v) is 17.9. The van der Waals surface area contributed by atoms with Gasteiger partial charge in [0.25, 0.3) is 5.91 Å². The van der Waals surface area contributed by atoms with E-state index in [0.29, 0.717) is 49.7 Å². The first-order valence-electron chi connectivity index (χ1n) is 11.0. The molecule has 0 radical (unpaired) electrons. The molecule has 2 aliphatic rings. The maximum atomic E-state index is 13.7. The number of benzene rings is 1. The van der Waals surface area contributed by atoms with E-state index in [9.17, 15) is 14.0 Å². The second-order valence-corrected chi connectivity index (χ2v) is 7.94. The summed E-state index contributed by atoms with van der Waals surface area (Å²) in [4.78, 5) is 33.4. The summed E-state index contributed by atoms with van der Waals surface area (Å²) in [5.74, 6) is 0.107. The van der Waals surface area contributed by atoms with Gasteiger partial charge in [-0.15, -0.1) is 0 Å². The third-order valence-corrected chi connectivity index (χ3v) is 5.80. The third kappa shape index (κ3) is 5.34. The predicted octanol–water partition coefficient (Wildman–Crippen LogP) is 2.16. The average Bonchev–Trinajstić information content (AvgIpc) is 3.36. The summed E-state index contributed by atoms with van der Waals surface area (Å²) >= 11 is 0. The number of carbonyl (C=O) groups excluding carboxylic acids is 2. The molecule has 3 amide bonds. The van der Waals surface area contributed by atoms with E-state index >= 15 is 0 Å². The second-order valence-electron chi connectivity index (χ2n) is 7.94. The molecule has 2 aromatic rings. The number of hydrogen-bond donors (Lipinski definition) is 2. The van der Waals surface area contributed by atoms with Gasteiger partial charge in [0.05, 0.1) is 11.7 Å². The number of ether oxygens (including phenoxy) is 1. The Labute approximate surface area is 186 Å². The minimum Gasteiger partial charge on any atom is -0.376 e. The van der Waals surface area contributed by atoms with Crippen molar-refractivity contribution in [1.82, 2.24) is 20.5 Å². The fraction of sp³-hybridized carbons (Fsp3) is 0.435. The highest BCUT2D eigenvalue weighted by atomic mass is 19.1. The van der Waals surface area contributed by atoms with Crippen molar-refractivity contribution in [2.45, 2.75) is 25.5 Å². The largest absolute Gasteiger partial charge is 0.376 e. The first kappa shape index (κ1) is 22.0. The molecule has 1 atom stereocenters. The number of carbonyl (C=O) groups is 2. The van der Waals surface area contributed by atoms with Gasteiger partial charge < -0.3 is 25.2 Å². The molecule has 2 N–H and O–H groups in total. The minimum absolute atomic E-state index is 0.0745. The Balaban J connectivity index is 1.30. The highest BCUT2D eigenvalue weighted by molar-refractivity contribution is 5.99. The molecule has 0 saturated carbocycles. The standard InChI is InChI=1S/C23H28FN5O3/c24-20-8-2-1-5-17(20)15-27-23(31)29-12-10-28(11-13-29)21-19(7-3-9-25-21)22(30)26-16-18-6-4-14-32-18/h1-3,5,7-9,18H,4,6,10-16H2,(H,26,30)(H,27,31)/t18-/m0/s1. The van der Waals surface area contributed by atoms with Gasteiger partial charge >= 0.3 is 6.03 Å². The van der Waals surface area contributed by atoms with Gasteiger partial charge in [-0.2, -0.15) is 0 Å². The molecule has 32 heavy (non-hydrogen) atoms. The summed E-state index contributed by atoms with van der Waals surface area (Å²) in [5.41, 5.74) is 0.967. The normalized spacial score (nSPS) is 18.5. The molecule has 0 unspecified atom stereocenters. The van der Waals surface area contributed by atoms with Crippen LogP contribution in [0.15, 0.2) is 42.6 Å². The van der Waals surface area contributed by atoms with Gasteiger partial charge in [0, 0.05) is 57.6 Å². The number of nitrogens with zero attached hydrogens (tertiary/aromatic N) is 3. The molecule has 8 nitrogen and oxygen atoms in total. The molecular formula is C23H28FN5O3. The van der Waals surface area contributed by atoms with Gasteiger partial charge in [0.2, 0.25) is 0 Å². The van der Waals surface area contributed by atoms with Gasteiger partial charge in [-0.25, -0.2) is 14.2 Å². The summed E-state index contributed by atoms with van der Waals surface area (Å²) in [6, 6.07) is 9.67. The summed E-state index contributed by atoms with van der Waals surface area (Å²) in [6.07, 6.45) is 3.72. The quantitative estimate of drug-likeness (QED) is 0.718. The fourth-order valence-electron chi connectivity index (χ4n) is 3.98. The van der Waals surface area contributed by atoms with Crippen molar-refractivity contribution in [3.63, 3.8) is 0 Å². The van der Waals surface area contributed by atoms with Gasteiger partial charge in [-0.1, -0.05) is 18.2 Å². The average molecular weight is 442 g/mol. The molecule has 2 fully saturated rings. The van der Waals surface area contributed by atoms with Gasteiger partial charge in [-0.05, 0) is 31.0 Å². The molecule has 1 aromatic heterocycles. The molecule has 0 spiro atoms. The van der Waals surface area contributed by atoms with Crippen molar-refractivity contribution in [3.05, 3.63) is 59.5 Å². The Morgan fingerprint density at radius 1 is 1.09 bits per heavy atom. The molecule has 9 heteroatoms. The number of halogens is 1. The molecule has 2 saturated heterocycles. The van der Waals surface area contributed by atoms with Gasteiger partial charge in [0.15, 0.2) is 0 Å². The molecule has 3 heterocycles. The van der Waals surface area contributed by atoms with Crippen molar-refractivity contribution in [3.8, 4) is 0 Å². The maximum Gasteiger partial charge on any atom is 0.317 e. The van der Waals surface area contributed by atoms with Crippen molar-refractivity contribution >= 4 is 17.8 Å². The highest BCUT2D eigenvalue weighted by Gasteiger charge is 2.25. The molecule has 0 aliphatic carbocycles. The van der Waals surface area contributed by atoms with Crippen LogP contribution in [-0.4, -0.2) is 67.3 Å². The number of pyridine rings is 1. The number of aromatic nitrogens is 1. The van der Waals surface area contributed by atoms with Crippen LogP contribution in [0.4, 0.5) is 15.0 Å². The molecule has 4 rings (SSSR count). The van der Waals surface area contributed by atoms with Crippen LogP contribution in [0.3, 0.4) is 0 Å². The predicted molar refractivity (Wildman–Crippen MR) is 118 cm³/mol.